The fraction of sp³-hybridized carbons (Fsp3) is 0.125. The molecule has 3 aromatic rings. The molecular formula is C24H20N2O7S. The Morgan fingerprint density at radius 2 is 1.47 bits per heavy atom. The van der Waals surface area contributed by atoms with Crippen molar-refractivity contribution >= 4 is 44.8 Å². The molecule has 0 N–H and O–H groups in total. The van der Waals surface area contributed by atoms with Gasteiger partial charge < -0.3 is 8.92 Å². The number of ether oxygens (including phenoxy) is 1. The first-order chi connectivity index (χ1) is 16.1. The maximum absolute atomic E-state index is 13.1. The molecule has 0 saturated carbocycles. The summed E-state index contributed by atoms with van der Waals surface area (Å²) in [7, 11) is -0.321. The zero-order valence-electron chi connectivity index (χ0n) is 18.5. The number of fused-ring (bicyclic) bond motifs is 1. The number of barbiturate groups is 1. The number of hydrogen-bond acceptors (Lipinski definition) is 7. The van der Waals surface area contributed by atoms with Gasteiger partial charge in [-0.05, 0) is 35.2 Å². The van der Waals surface area contributed by atoms with Gasteiger partial charge in [-0.1, -0.05) is 42.5 Å². The topological polar surface area (TPSA) is 110 Å². The van der Waals surface area contributed by atoms with Crippen molar-refractivity contribution < 1.29 is 31.7 Å². The Morgan fingerprint density at radius 1 is 0.824 bits per heavy atom. The maximum atomic E-state index is 13.1. The van der Waals surface area contributed by atoms with E-state index < -0.39 is 28.0 Å². The Balaban J connectivity index is 1.69. The number of nitrogens with zero attached hydrogens (tertiary/aromatic N) is 2. The van der Waals surface area contributed by atoms with Crippen LogP contribution in [0.2, 0.25) is 0 Å². The van der Waals surface area contributed by atoms with Crippen LogP contribution in [0.4, 0.5) is 4.79 Å². The van der Waals surface area contributed by atoms with Crippen LogP contribution in [-0.2, 0) is 19.7 Å². The van der Waals surface area contributed by atoms with Gasteiger partial charge in [-0.3, -0.25) is 19.4 Å². The molecule has 4 rings (SSSR count). The second-order valence-electron chi connectivity index (χ2n) is 7.49. The molecule has 1 saturated heterocycles. The van der Waals surface area contributed by atoms with Crippen molar-refractivity contribution in [1.29, 1.82) is 0 Å². The van der Waals surface area contributed by atoms with E-state index >= 15 is 0 Å². The molecule has 0 unspecified atom stereocenters. The average Bonchev–Trinajstić information content (AvgIpc) is 2.84. The Labute approximate surface area is 195 Å². The molecule has 4 amide bonds. The maximum Gasteiger partial charge on any atom is 0.339 e. The molecule has 3 aromatic carbocycles. The molecule has 34 heavy (non-hydrogen) atoms. The highest BCUT2D eigenvalue weighted by atomic mass is 32.2. The van der Waals surface area contributed by atoms with Gasteiger partial charge >= 0.3 is 16.1 Å². The summed E-state index contributed by atoms with van der Waals surface area (Å²) in [6.07, 6.45) is 1.30. The second-order valence-corrected chi connectivity index (χ2v) is 9.01. The van der Waals surface area contributed by atoms with E-state index in [4.69, 9.17) is 8.92 Å². The lowest BCUT2D eigenvalue weighted by molar-refractivity contribution is -0.134. The fourth-order valence-corrected chi connectivity index (χ4v) is 4.73. The van der Waals surface area contributed by atoms with Crippen LogP contribution in [0.1, 0.15) is 5.56 Å². The zero-order valence-corrected chi connectivity index (χ0v) is 19.3. The minimum atomic E-state index is -4.21. The van der Waals surface area contributed by atoms with E-state index in [9.17, 15) is 22.8 Å². The molecule has 0 radical (unpaired) electrons. The molecule has 0 aromatic heterocycles. The van der Waals surface area contributed by atoms with Crippen molar-refractivity contribution in [2.24, 2.45) is 0 Å². The number of hydrogen-bond donors (Lipinski definition) is 0. The number of imide groups is 2. The molecule has 0 atom stereocenters. The Kier molecular flexibility index (Phi) is 5.84. The standard InChI is InChI=1S/C24H20N2O7S/c1-25-22(27)18(23(28)26(2)24(25)29)13-15-11-12-19(20(14-15)32-3)33-34(30,31)21-10-6-8-16-7-4-5-9-17(16)21/h4-14H,1-3H3. The molecule has 1 fully saturated rings. The van der Waals surface area contributed by atoms with Gasteiger partial charge in [0.25, 0.3) is 11.8 Å². The predicted octanol–water partition coefficient (Wildman–Crippen LogP) is 3.05. The summed E-state index contributed by atoms with van der Waals surface area (Å²) in [6, 6.07) is 15.5. The summed E-state index contributed by atoms with van der Waals surface area (Å²) in [5.41, 5.74) is 0.156. The molecule has 1 aliphatic heterocycles. The minimum absolute atomic E-state index is 0.00740. The summed E-state index contributed by atoms with van der Waals surface area (Å²) in [4.78, 5) is 38.4. The summed E-state index contributed by atoms with van der Waals surface area (Å²) in [5.74, 6) is -1.48. The van der Waals surface area contributed by atoms with Crippen LogP contribution < -0.4 is 8.92 Å². The largest absolute Gasteiger partial charge is 0.493 e. The van der Waals surface area contributed by atoms with Crippen LogP contribution in [0.15, 0.2) is 71.1 Å². The molecule has 9 nitrogen and oxygen atoms in total. The highest BCUT2D eigenvalue weighted by molar-refractivity contribution is 7.87. The molecular weight excluding hydrogens is 460 g/mol. The van der Waals surface area contributed by atoms with Crippen LogP contribution in [0.5, 0.6) is 11.5 Å². The molecule has 0 spiro atoms. The van der Waals surface area contributed by atoms with Gasteiger partial charge in [-0.25, -0.2) is 4.79 Å². The summed E-state index contributed by atoms with van der Waals surface area (Å²) in [6.45, 7) is 0. The van der Waals surface area contributed by atoms with Crippen molar-refractivity contribution in [3.05, 3.63) is 71.8 Å². The first kappa shape index (κ1) is 23.0. The van der Waals surface area contributed by atoms with Crippen LogP contribution in [-0.4, -0.2) is 57.3 Å². The molecule has 0 bridgehead atoms. The van der Waals surface area contributed by atoms with Crippen LogP contribution in [0.3, 0.4) is 0 Å². The number of methoxy groups -OCH3 is 1. The van der Waals surface area contributed by atoms with Crippen LogP contribution in [0, 0.1) is 0 Å². The van der Waals surface area contributed by atoms with Crippen LogP contribution >= 0.6 is 0 Å². The molecule has 1 heterocycles. The lowest BCUT2D eigenvalue weighted by atomic mass is 10.1. The zero-order chi connectivity index (χ0) is 24.6. The number of rotatable bonds is 5. The van der Waals surface area contributed by atoms with E-state index in [1.807, 2.05) is 6.07 Å². The predicted molar refractivity (Wildman–Crippen MR) is 124 cm³/mol. The number of likely N-dealkylation sites (N-methyl/N-ethyl adjacent to an activating group) is 2. The van der Waals surface area contributed by atoms with Crippen molar-refractivity contribution in [3.8, 4) is 11.5 Å². The monoisotopic (exact) mass is 480 g/mol. The average molecular weight is 480 g/mol. The van der Waals surface area contributed by atoms with E-state index in [2.05, 4.69) is 0 Å². The first-order valence-corrected chi connectivity index (χ1v) is 11.5. The Morgan fingerprint density at radius 3 is 2.15 bits per heavy atom. The van der Waals surface area contributed by atoms with E-state index in [1.165, 1.54) is 51.5 Å². The molecule has 0 aliphatic carbocycles. The smallest absolute Gasteiger partial charge is 0.339 e. The number of benzene rings is 3. The Hall–Kier alpha value is -4.18. The van der Waals surface area contributed by atoms with Gasteiger partial charge in [-0.15, -0.1) is 0 Å². The number of amides is 4. The lowest BCUT2D eigenvalue weighted by Crippen LogP contribution is -2.52. The van der Waals surface area contributed by atoms with E-state index in [1.54, 1.807) is 30.3 Å². The third-order valence-electron chi connectivity index (χ3n) is 5.36. The van der Waals surface area contributed by atoms with Gasteiger partial charge in [0.15, 0.2) is 11.5 Å². The van der Waals surface area contributed by atoms with Gasteiger partial charge in [0.2, 0.25) is 0 Å². The van der Waals surface area contributed by atoms with Gasteiger partial charge in [0, 0.05) is 19.5 Å². The van der Waals surface area contributed by atoms with Crippen molar-refractivity contribution in [1.82, 2.24) is 9.80 Å². The first-order valence-electron chi connectivity index (χ1n) is 10.1. The normalized spacial score (nSPS) is 14.6. The second kappa shape index (κ2) is 8.64. The summed E-state index contributed by atoms with van der Waals surface area (Å²) < 4.78 is 36.8. The van der Waals surface area contributed by atoms with E-state index in [0.29, 0.717) is 10.9 Å². The minimum Gasteiger partial charge on any atom is -0.493 e. The summed E-state index contributed by atoms with van der Waals surface area (Å²) >= 11 is 0. The Bertz CT molecular complexity index is 1450. The van der Waals surface area contributed by atoms with Gasteiger partial charge in [0.05, 0.1) is 7.11 Å². The summed E-state index contributed by atoms with van der Waals surface area (Å²) in [5, 5.41) is 1.26. The number of carbonyl (C=O) groups excluding carboxylic acids is 3. The van der Waals surface area contributed by atoms with Crippen molar-refractivity contribution in [2.45, 2.75) is 4.90 Å². The van der Waals surface area contributed by atoms with E-state index in [0.717, 1.165) is 15.2 Å². The van der Waals surface area contributed by atoms with Crippen molar-refractivity contribution in [2.75, 3.05) is 21.2 Å². The quantitative estimate of drug-likeness (QED) is 0.314. The van der Waals surface area contributed by atoms with Gasteiger partial charge in [0.1, 0.15) is 10.5 Å². The third-order valence-corrected chi connectivity index (χ3v) is 6.65. The number of carbonyl (C=O) groups is 3. The lowest BCUT2D eigenvalue weighted by Gasteiger charge is -2.28. The SMILES string of the molecule is COc1cc(C=C2C(=O)N(C)C(=O)N(C)C2=O)ccc1OS(=O)(=O)c1cccc2ccccc12. The van der Waals surface area contributed by atoms with Gasteiger partial charge in [-0.2, -0.15) is 8.42 Å². The molecule has 1 aliphatic rings. The third kappa shape index (κ3) is 3.99. The fourth-order valence-electron chi connectivity index (χ4n) is 3.56. The highest BCUT2D eigenvalue weighted by Gasteiger charge is 2.37. The van der Waals surface area contributed by atoms with Crippen LogP contribution in [0.25, 0.3) is 16.8 Å². The molecule has 10 heteroatoms. The van der Waals surface area contributed by atoms with Crippen molar-refractivity contribution in [3.63, 3.8) is 0 Å². The van der Waals surface area contributed by atoms with E-state index in [-0.39, 0.29) is 22.0 Å². The highest BCUT2D eigenvalue weighted by Crippen LogP contribution is 2.33. The molecule has 174 valence electrons. The number of urea groups is 1.